The number of nitro groups is 1. The van der Waals surface area contributed by atoms with E-state index in [1.165, 1.54) is 17.1 Å². The van der Waals surface area contributed by atoms with Crippen LogP contribution in [0.3, 0.4) is 0 Å². The summed E-state index contributed by atoms with van der Waals surface area (Å²) < 4.78 is 2.86. The molecule has 0 aliphatic rings. The molecule has 0 saturated heterocycles. The maximum absolute atomic E-state index is 12.3. The van der Waals surface area contributed by atoms with Crippen molar-refractivity contribution in [2.75, 3.05) is 0 Å². The Morgan fingerprint density at radius 1 is 1.50 bits per heavy atom. The zero-order chi connectivity index (χ0) is 16.3. The summed E-state index contributed by atoms with van der Waals surface area (Å²) in [5.74, 6) is -0.294. The molecule has 1 N–H and O–H groups in total. The summed E-state index contributed by atoms with van der Waals surface area (Å²) in [6, 6.07) is -0.624. The van der Waals surface area contributed by atoms with E-state index in [1.54, 1.807) is 18.7 Å². The highest BCUT2D eigenvalue weighted by Gasteiger charge is 2.22. The first-order chi connectivity index (χ1) is 10.4. The average molecular weight is 327 g/mol. The molecule has 1 amide bonds. The molecule has 2 rings (SSSR count). The summed E-state index contributed by atoms with van der Waals surface area (Å²) >= 11 is 5.97. The fraction of sp³-hybridized carbons (Fsp3) is 0.417. The van der Waals surface area contributed by atoms with Crippen molar-refractivity contribution >= 4 is 23.2 Å². The van der Waals surface area contributed by atoms with Gasteiger partial charge in [-0.1, -0.05) is 18.5 Å². The van der Waals surface area contributed by atoms with Crippen LogP contribution in [-0.4, -0.2) is 30.4 Å². The maximum Gasteiger partial charge on any atom is 0.307 e. The summed E-state index contributed by atoms with van der Waals surface area (Å²) in [5.41, 5.74) is 0.525. The quantitative estimate of drug-likeness (QED) is 0.638. The molecule has 0 aromatic carbocycles. The van der Waals surface area contributed by atoms with E-state index in [0.717, 1.165) is 6.20 Å². The Kier molecular flexibility index (Phi) is 4.76. The molecule has 0 aliphatic carbocycles. The molecule has 118 valence electrons. The largest absolute Gasteiger partial charge is 0.349 e. The predicted octanol–water partition coefficient (Wildman–Crippen LogP) is 1.45. The molecule has 0 radical (unpaired) electrons. The molecule has 10 heteroatoms. The Bertz CT molecular complexity index is 675. The van der Waals surface area contributed by atoms with Gasteiger partial charge < -0.3 is 5.32 Å². The molecular formula is C12H15ClN6O3. The Morgan fingerprint density at radius 3 is 2.73 bits per heavy atom. The van der Waals surface area contributed by atoms with Crippen LogP contribution in [0.25, 0.3) is 0 Å². The van der Waals surface area contributed by atoms with Crippen molar-refractivity contribution in [3.05, 3.63) is 39.4 Å². The van der Waals surface area contributed by atoms with Gasteiger partial charge in [0.25, 0.3) is 0 Å². The lowest BCUT2D eigenvalue weighted by atomic mass is 10.2. The van der Waals surface area contributed by atoms with Gasteiger partial charge in [-0.2, -0.15) is 10.2 Å². The molecular weight excluding hydrogens is 312 g/mol. The van der Waals surface area contributed by atoms with Crippen molar-refractivity contribution in [2.45, 2.75) is 25.9 Å². The van der Waals surface area contributed by atoms with Crippen LogP contribution in [0.4, 0.5) is 5.69 Å². The summed E-state index contributed by atoms with van der Waals surface area (Å²) in [6.45, 7) is 2.02. The molecule has 22 heavy (non-hydrogen) atoms. The monoisotopic (exact) mass is 326 g/mol. The topological polar surface area (TPSA) is 108 Å². The molecule has 0 fully saturated rings. The Hall–Kier alpha value is -2.42. The maximum atomic E-state index is 12.3. The Labute approximate surface area is 131 Å². The van der Waals surface area contributed by atoms with Gasteiger partial charge in [-0.05, 0) is 6.42 Å². The Balaban J connectivity index is 2.07. The summed E-state index contributed by atoms with van der Waals surface area (Å²) in [7, 11) is 1.72. The van der Waals surface area contributed by atoms with Crippen LogP contribution in [-0.2, 0) is 18.4 Å². The minimum atomic E-state index is -0.624. The zero-order valence-electron chi connectivity index (χ0n) is 12.1. The third-order valence-corrected chi connectivity index (χ3v) is 3.56. The normalized spacial score (nSPS) is 12.1. The predicted molar refractivity (Wildman–Crippen MR) is 78.3 cm³/mol. The minimum Gasteiger partial charge on any atom is -0.349 e. The number of hydrogen-bond acceptors (Lipinski definition) is 5. The molecule has 2 aromatic heterocycles. The van der Waals surface area contributed by atoms with Crippen LogP contribution in [0, 0.1) is 10.1 Å². The van der Waals surface area contributed by atoms with E-state index >= 15 is 0 Å². The molecule has 1 unspecified atom stereocenters. The number of aryl methyl sites for hydroxylation is 1. The summed E-state index contributed by atoms with van der Waals surface area (Å²) in [6.07, 6.45) is 4.31. The van der Waals surface area contributed by atoms with Gasteiger partial charge >= 0.3 is 5.69 Å². The summed E-state index contributed by atoms with van der Waals surface area (Å²) in [5, 5.41) is 21.7. The first kappa shape index (κ1) is 16.0. The fourth-order valence-electron chi connectivity index (χ4n) is 2.01. The van der Waals surface area contributed by atoms with Crippen LogP contribution >= 0.6 is 11.6 Å². The van der Waals surface area contributed by atoms with Gasteiger partial charge in [0, 0.05) is 7.05 Å². The van der Waals surface area contributed by atoms with Crippen molar-refractivity contribution in [3.8, 4) is 0 Å². The van der Waals surface area contributed by atoms with Gasteiger partial charge in [-0.25, -0.2) is 0 Å². The lowest BCUT2D eigenvalue weighted by Gasteiger charge is -2.15. The molecule has 0 aliphatic heterocycles. The molecule has 0 spiro atoms. The second-order valence-electron chi connectivity index (χ2n) is 4.64. The van der Waals surface area contributed by atoms with Crippen molar-refractivity contribution in [3.63, 3.8) is 0 Å². The SMILES string of the molecule is CCC(C(=O)NCc1c(Cl)cnn1C)n1cc([N+](=O)[O-])cn1. The highest BCUT2D eigenvalue weighted by atomic mass is 35.5. The second kappa shape index (κ2) is 6.56. The molecule has 2 aromatic rings. The van der Waals surface area contributed by atoms with Crippen LogP contribution in [0.1, 0.15) is 25.1 Å². The van der Waals surface area contributed by atoms with Gasteiger partial charge in [0.1, 0.15) is 18.4 Å². The molecule has 1 atom stereocenters. The number of halogens is 1. The highest BCUT2D eigenvalue weighted by molar-refractivity contribution is 6.31. The van der Waals surface area contributed by atoms with Gasteiger partial charge in [0.15, 0.2) is 0 Å². The van der Waals surface area contributed by atoms with E-state index in [4.69, 9.17) is 11.6 Å². The number of aromatic nitrogens is 4. The molecule has 0 saturated carbocycles. The number of amides is 1. The van der Waals surface area contributed by atoms with Gasteiger partial charge in [0.05, 0.1) is 28.4 Å². The van der Waals surface area contributed by atoms with Crippen molar-refractivity contribution in [2.24, 2.45) is 7.05 Å². The summed E-state index contributed by atoms with van der Waals surface area (Å²) in [4.78, 5) is 22.4. The van der Waals surface area contributed by atoms with E-state index in [2.05, 4.69) is 15.5 Å². The third-order valence-electron chi connectivity index (χ3n) is 3.25. The van der Waals surface area contributed by atoms with Crippen molar-refractivity contribution in [1.29, 1.82) is 0 Å². The van der Waals surface area contributed by atoms with Gasteiger partial charge in [0.2, 0.25) is 5.91 Å². The third kappa shape index (κ3) is 3.25. The number of nitrogens with one attached hydrogen (secondary N) is 1. The minimum absolute atomic E-state index is 0.152. The van der Waals surface area contributed by atoms with E-state index in [9.17, 15) is 14.9 Å². The second-order valence-corrected chi connectivity index (χ2v) is 5.05. The average Bonchev–Trinajstić information content (AvgIpc) is 3.06. The van der Waals surface area contributed by atoms with E-state index in [1.807, 2.05) is 0 Å². The van der Waals surface area contributed by atoms with Crippen LogP contribution in [0.15, 0.2) is 18.6 Å². The number of nitrogens with zero attached hydrogens (tertiary/aromatic N) is 5. The zero-order valence-corrected chi connectivity index (χ0v) is 12.8. The molecule has 2 heterocycles. The van der Waals surface area contributed by atoms with E-state index in [0.29, 0.717) is 17.1 Å². The van der Waals surface area contributed by atoms with Crippen LogP contribution in [0.2, 0.25) is 5.02 Å². The number of rotatable bonds is 6. The smallest absolute Gasteiger partial charge is 0.307 e. The Morgan fingerprint density at radius 2 is 2.23 bits per heavy atom. The van der Waals surface area contributed by atoms with Gasteiger partial charge in [-0.15, -0.1) is 0 Å². The fourth-order valence-corrected chi connectivity index (χ4v) is 2.24. The number of carbonyl (C=O) groups is 1. The van der Waals surface area contributed by atoms with Crippen molar-refractivity contribution < 1.29 is 9.72 Å². The van der Waals surface area contributed by atoms with E-state index in [-0.39, 0.29) is 18.1 Å². The highest BCUT2D eigenvalue weighted by Crippen LogP contribution is 2.17. The van der Waals surface area contributed by atoms with Crippen LogP contribution in [0.5, 0.6) is 0 Å². The molecule has 9 nitrogen and oxygen atoms in total. The molecule has 0 bridgehead atoms. The van der Waals surface area contributed by atoms with Crippen molar-refractivity contribution in [1.82, 2.24) is 24.9 Å². The lowest BCUT2D eigenvalue weighted by Crippen LogP contribution is -2.32. The van der Waals surface area contributed by atoms with Crippen LogP contribution < -0.4 is 5.32 Å². The van der Waals surface area contributed by atoms with E-state index < -0.39 is 11.0 Å². The first-order valence-corrected chi connectivity index (χ1v) is 6.94. The lowest BCUT2D eigenvalue weighted by molar-refractivity contribution is -0.385. The van der Waals surface area contributed by atoms with Gasteiger partial charge in [-0.3, -0.25) is 24.3 Å². The number of hydrogen-bond donors (Lipinski definition) is 1. The standard InChI is InChI=1S/C12H15ClN6O3/c1-3-10(18-7-8(4-16-18)19(21)22)12(20)14-6-11-9(13)5-15-17(11)2/h4-5,7,10H,3,6H2,1-2H3,(H,14,20). The first-order valence-electron chi connectivity index (χ1n) is 6.56. The number of carbonyl (C=O) groups excluding carboxylic acids is 1.